The predicted molar refractivity (Wildman–Crippen MR) is 123 cm³/mol. The molecule has 0 saturated carbocycles. The second kappa shape index (κ2) is 8.34. The van der Waals surface area contributed by atoms with Crippen LogP contribution < -0.4 is 10.4 Å². The van der Waals surface area contributed by atoms with Gasteiger partial charge in [-0.15, -0.1) is 0 Å². The number of anilines is 1. The van der Waals surface area contributed by atoms with Crippen molar-refractivity contribution in [2.24, 2.45) is 10.2 Å². The van der Waals surface area contributed by atoms with Crippen molar-refractivity contribution in [3.8, 4) is 5.75 Å². The Balaban J connectivity index is 1.61. The maximum Gasteiger partial charge on any atom is 0.335 e. The molecule has 2 aliphatic rings. The first kappa shape index (κ1) is 21.9. The Bertz CT molecular complexity index is 1280. The van der Waals surface area contributed by atoms with E-state index in [-0.39, 0.29) is 23.6 Å². The van der Waals surface area contributed by atoms with Crippen molar-refractivity contribution in [1.82, 2.24) is 5.43 Å². The van der Waals surface area contributed by atoms with Crippen LogP contribution in [0.15, 0.2) is 70.9 Å². The molecular weight excluding hydrogens is 427 g/mol. The highest BCUT2D eigenvalue weighted by molar-refractivity contribution is 6.71. The van der Waals surface area contributed by atoms with E-state index in [4.69, 9.17) is 0 Å². The lowest BCUT2D eigenvalue weighted by Crippen LogP contribution is -2.50. The number of phenolic OH excluding ortho intramolecular Hbond substituents is 1. The summed E-state index contributed by atoms with van der Waals surface area (Å²) in [5.41, 5.74) is 3.07. The number of aromatic hydroxyl groups is 1. The van der Waals surface area contributed by atoms with Crippen molar-refractivity contribution in [1.29, 1.82) is 0 Å². The van der Waals surface area contributed by atoms with Gasteiger partial charge >= 0.3 is 11.9 Å². The van der Waals surface area contributed by atoms with Gasteiger partial charge in [-0.2, -0.15) is 15.2 Å². The van der Waals surface area contributed by atoms with Crippen LogP contribution in [-0.4, -0.2) is 39.1 Å². The maximum atomic E-state index is 13.6. The third-order valence-electron chi connectivity index (χ3n) is 5.52. The molecule has 1 amide bonds. The van der Waals surface area contributed by atoms with Gasteiger partial charge in [-0.05, 0) is 55.3 Å². The summed E-state index contributed by atoms with van der Waals surface area (Å²) in [7, 11) is 0. The SMILES string of the molecule is CC1=NN(c2ccc(F)c(C)c2)C(=O)/C1=N\NC1(C(=O)O)C=CC=C(c2ccccc2O)C1. The minimum Gasteiger partial charge on any atom is -0.507 e. The molecule has 0 aromatic heterocycles. The zero-order chi connectivity index (χ0) is 23.8. The monoisotopic (exact) mass is 448 g/mol. The number of para-hydroxylation sites is 1. The lowest BCUT2D eigenvalue weighted by molar-refractivity contribution is -0.142. The highest BCUT2D eigenvalue weighted by Crippen LogP contribution is 2.34. The summed E-state index contributed by atoms with van der Waals surface area (Å²) in [5.74, 6) is -2.13. The summed E-state index contributed by atoms with van der Waals surface area (Å²) >= 11 is 0. The molecule has 0 fully saturated rings. The van der Waals surface area contributed by atoms with Crippen LogP contribution in [0.1, 0.15) is 24.5 Å². The quantitative estimate of drug-likeness (QED) is 0.607. The average Bonchev–Trinajstić information content (AvgIpc) is 3.08. The fraction of sp³-hybridized carbons (Fsp3) is 0.167. The van der Waals surface area contributed by atoms with Gasteiger partial charge in [0.1, 0.15) is 11.6 Å². The van der Waals surface area contributed by atoms with Crippen molar-refractivity contribution in [2.75, 3.05) is 5.01 Å². The molecule has 1 aliphatic heterocycles. The molecule has 8 nitrogen and oxygen atoms in total. The minimum atomic E-state index is -1.64. The predicted octanol–water partition coefficient (Wildman–Crippen LogP) is 3.37. The molecular formula is C24H21FN4O4. The van der Waals surface area contributed by atoms with E-state index in [1.54, 1.807) is 44.2 Å². The van der Waals surface area contributed by atoms with Crippen molar-refractivity contribution < 1.29 is 24.2 Å². The van der Waals surface area contributed by atoms with Gasteiger partial charge < -0.3 is 10.2 Å². The molecule has 1 atom stereocenters. The zero-order valence-corrected chi connectivity index (χ0v) is 17.9. The van der Waals surface area contributed by atoms with Gasteiger partial charge in [-0.1, -0.05) is 30.4 Å². The number of carboxylic acid groups (broad SMARTS) is 1. The van der Waals surface area contributed by atoms with Crippen LogP contribution in [0.3, 0.4) is 0 Å². The number of aliphatic carboxylic acids is 1. The van der Waals surface area contributed by atoms with Crippen molar-refractivity contribution in [3.05, 3.63) is 77.6 Å². The molecule has 168 valence electrons. The summed E-state index contributed by atoms with van der Waals surface area (Å²) in [6.45, 7) is 3.15. The molecule has 3 N–H and O–H groups in total. The van der Waals surface area contributed by atoms with Gasteiger partial charge in [0.2, 0.25) is 0 Å². The topological polar surface area (TPSA) is 115 Å². The van der Waals surface area contributed by atoms with Gasteiger partial charge in [-0.3, -0.25) is 10.2 Å². The number of nitrogens with zero attached hydrogens (tertiary/aromatic N) is 3. The Morgan fingerprint density at radius 1 is 1.24 bits per heavy atom. The van der Waals surface area contributed by atoms with E-state index < -0.39 is 23.2 Å². The minimum absolute atomic E-state index is 0.0154. The van der Waals surface area contributed by atoms with Crippen LogP contribution in [0.5, 0.6) is 5.75 Å². The van der Waals surface area contributed by atoms with Crippen molar-refractivity contribution in [3.63, 3.8) is 0 Å². The zero-order valence-electron chi connectivity index (χ0n) is 17.9. The summed E-state index contributed by atoms with van der Waals surface area (Å²) in [6.07, 6.45) is 4.71. The number of rotatable bonds is 5. The number of nitrogens with one attached hydrogen (secondary N) is 1. The van der Waals surface area contributed by atoms with Crippen LogP contribution in [-0.2, 0) is 9.59 Å². The van der Waals surface area contributed by atoms with Crippen LogP contribution in [0.4, 0.5) is 10.1 Å². The highest BCUT2D eigenvalue weighted by Gasteiger charge is 2.40. The first-order valence-corrected chi connectivity index (χ1v) is 10.1. The molecule has 2 aromatic carbocycles. The Hall–Kier alpha value is -4.27. The van der Waals surface area contributed by atoms with E-state index in [0.29, 0.717) is 22.4 Å². The number of hydrogen-bond acceptors (Lipinski definition) is 6. The number of aryl methyl sites for hydroxylation is 1. The number of allylic oxidation sites excluding steroid dienone is 2. The fourth-order valence-electron chi connectivity index (χ4n) is 3.67. The van der Waals surface area contributed by atoms with E-state index in [9.17, 15) is 24.2 Å². The molecule has 0 saturated heterocycles. The van der Waals surface area contributed by atoms with E-state index in [2.05, 4.69) is 15.6 Å². The number of carbonyl (C=O) groups excluding carboxylic acids is 1. The van der Waals surface area contributed by atoms with Crippen molar-refractivity contribution in [2.45, 2.75) is 25.8 Å². The molecule has 0 bridgehead atoms. The number of amides is 1. The van der Waals surface area contributed by atoms with Crippen LogP contribution in [0.2, 0.25) is 0 Å². The number of hydrazone groups is 2. The molecule has 2 aromatic rings. The van der Waals surface area contributed by atoms with Crippen LogP contribution >= 0.6 is 0 Å². The maximum absolute atomic E-state index is 13.6. The van der Waals surface area contributed by atoms with E-state index >= 15 is 0 Å². The van der Waals surface area contributed by atoms with Gasteiger partial charge in [0.25, 0.3) is 0 Å². The lowest BCUT2D eigenvalue weighted by Gasteiger charge is -2.29. The van der Waals surface area contributed by atoms with Gasteiger partial charge in [0, 0.05) is 12.0 Å². The van der Waals surface area contributed by atoms with Crippen molar-refractivity contribution >= 4 is 34.6 Å². The molecule has 1 heterocycles. The highest BCUT2D eigenvalue weighted by atomic mass is 19.1. The smallest absolute Gasteiger partial charge is 0.335 e. The summed E-state index contributed by atoms with van der Waals surface area (Å²) in [5, 5.41) is 29.6. The van der Waals surface area contributed by atoms with E-state index in [1.165, 1.54) is 30.3 Å². The average molecular weight is 448 g/mol. The van der Waals surface area contributed by atoms with Crippen LogP contribution in [0, 0.1) is 12.7 Å². The van der Waals surface area contributed by atoms with Crippen LogP contribution in [0.25, 0.3) is 5.57 Å². The normalized spacial score (nSPS) is 21.2. The van der Waals surface area contributed by atoms with E-state index in [1.807, 2.05) is 0 Å². The van der Waals surface area contributed by atoms with Gasteiger partial charge in [-0.25, -0.2) is 9.18 Å². The van der Waals surface area contributed by atoms with E-state index in [0.717, 1.165) is 5.01 Å². The largest absolute Gasteiger partial charge is 0.507 e. The Labute approximate surface area is 189 Å². The van der Waals surface area contributed by atoms with Gasteiger partial charge in [0.15, 0.2) is 11.3 Å². The number of carboxylic acids is 1. The Morgan fingerprint density at radius 3 is 2.70 bits per heavy atom. The molecule has 0 radical (unpaired) electrons. The lowest BCUT2D eigenvalue weighted by atomic mass is 9.84. The number of phenols is 1. The molecule has 33 heavy (non-hydrogen) atoms. The number of hydrogen-bond donors (Lipinski definition) is 3. The molecule has 0 spiro atoms. The second-order valence-corrected chi connectivity index (χ2v) is 7.83. The third-order valence-corrected chi connectivity index (χ3v) is 5.52. The molecule has 1 unspecified atom stereocenters. The summed E-state index contributed by atoms with van der Waals surface area (Å²) < 4.78 is 13.6. The number of benzene rings is 2. The summed E-state index contributed by atoms with van der Waals surface area (Å²) in [4.78, 5) is 25.2. The second-order valence-electron chi connectivity index (χ2n) is 7.83. The summed E-state index contributed by atoms with van der Waals surface area (Å²) in [6, 6.07) is 10.8. The number of halogens is 1. The fourth-order valence-corrected chi connectivity index (χ4v) is 3.67. The Morgan fingerprint density at radius 2 is 2.00 bits per heavy atom. The molecule has 9 heteroatoms. The first-order chi connectivity index (χ1) is 15.7. The standard InChI is InChI=1S/C24H21FN4O4/c1-14-12-17(9-10-19(14)25)29-22(31)21(15(2)27-29)26-28-24(23(32)33)11-5-6-16(13-24)18-7-3-4-8-20(18)30/h3-12,28,30H,13H2,1-2H3,(H,32,33)/b26-21-. The van der Waals surface area contributed by atoms with Gasteiger partial charge in [0.05, 0.1) is 11.4 Å². The molecule has 1 aliphatic carbocycles. The first-order valence-electron chi connectivity index (χ1n) is 10.1. The number of carbonyl (C=O) groups is 2. The third kappa shape index (κ3) is 4.00. The Kier molecular flexibility index (Phi) is 5.55. The molecule has 4 rings (SSSR count).